The molecule has 2 aromatic heterocycles. The van der Waals surface area contributed by atoms with Gasteiger partial charge in [-0.15, -0.1) is 0 Å². The third kappa shape index (κ3) is 6.24. The molecule has 2 heterocycles. The molecule has 1 aromatic carbocycles. The van der Waals surface area contributed by atoms with E-state index in [-0.39, 0.29) is 20.1 Å². The molecule has 123 valence electrons. The fraction of sp³-hybridized carbons (Fsp3) is 0.176. The standard InChI is InChI=1S/C9H8N3.C8H12P2.Ir/c1-7-6-9(12-11-7)8-4-2-3-5-10-8;1-9-7-5-3-4-6-8(7)10-2;/h2-6H,1H3;3-6,9-10H,1-2H3;/q-1;;. The van der Waals surface area contributed by atoms with Gasteiger partial charge in [0.2, 0.25) is 0 Å². The van der Waals surface area contributed by atoms with Gasteiger partial charge in [-0.05, 0) is 43.0 Å². The molecule has 0 amide bonds. The largest absolute Gasteiger partial charge is 0.574 e. The zero-order chi connectivity index (χ0) is 15.8. The number of hydrogen-bond donors (Lipinski definition) is 0. The summed E-state index contributed by atoms with van der Waals surface area (Å²) in [5.41, 5.74) is 2.64. The summed E-state index contributed by atoms with van der Waals surface area (Å²) in [6, 6.07) is 16.4. The predicted molar refractivity (Wildman–Crippen MR) is 99.7 cm³/mol. The van der Waals surface area contributed by atoms with Gasteiger partial charge in [-0.25, -0.2) is 0 Å². The van der Waals surface area contributed by atoms with E-state index < -0.39 is 0 Å². The topological polar surface area (TPSA) is 39.9 Å². The molecular formula is C17H20IrN3P2-. The summed E-state index contributed by atoms with van der Waals surface area (Å²) in [6.07, 6.45) is 1.75. The molecule has 23 heavy (non-hydrogen) atoms. The summed E-state index contributed by atoms with van der Waals surface area (Å²) in [6.45, 7) is 6.39. The van der Waals surface area contributed by atoms with Crippen molar-refractivity contribution in [2.75, 3.05) is 13.3 Å². The van der Waals surface area contributed by atoms with Crippen molar-refractivity contribution in [2.45, 2.75) is 6.92 Å². The van der Waals surface area contributed by atoms with Crippen molar-refractivity contribution < 1.29 is 20.1 Å². The molecule has 0 saturated carbocycles. The third-order valence-corrected chi connectivity index (χ3v) is 5.25. The number of nitrogens with zero attached hydrogens (tertiary/aromatic N) is 3. The van der Waals surface area contributed by atoms with E-state index in [1.807, 2.05) is 31.2 Å². The number of benzene rings is 1. The summed E-state index contributed by atoms with van der Waals surface area (Å²) in [5, 5.41) is 10.9. The van der Waals surface area contributed by atoms with Crippen molar-refractivity contribution in [3.8, 4) is 11.4 Å². The molecule has 2 unspecified atom stereocenters. The second-order valence-electron chi connectivity index (χ2n) is 4.63. The zero-order valence-electron chi connectivity index (χ0n) is 13.4. The quantitative estimate of drug-likeness (QED) is 0.499. The Morgan fingerprint density at radius 1 is 0.913 bits per heavy atom. The molecule has 0 aliphatic heterocycles. The van der Waals surface area contributed by atoms with E-state index in [1.165, 1.54) is 10.6 Å². The first kappa shape index (κ1) is 20.1. The Balaban J connectivity index is 0.000000224. The van der Waals surface area contributed by atoms with Crippen molar-refractivity contribution in [1.29, 1.82) is 0 Å². The van der Waals surface area contributed by atoms with Gasteiger partial charge in [-0.1, -0.05) is 59.3 Å². The minimum absolute atomic E-state index is 0. The molecule has 6 heteroatoms. The van der Waals surface area contributed by atoms with Gasteiger partial charge >= 0.3 is 0 Å². The van der Waals surface area contributed by atoms with Crippen LogP contribution in [0.5, 0.6) is 0 Å². The summed E-state index contributed by atoms with van der Waals surface area (Å²) in [4.78, 5) is 4.16. The van der Waals surface area contributed by atoms with Crippen LogP contribution in [0.2, 0.25) is 0 Å². The first-order chi connectivity index (χ1) is 10.7. The molecule has 3 rings (SSSR count). The van der Waals surface area contributed by atoms with Crippen molar-refractivity contribution in [2.24, 2.45) is 0 Å². The second-order valence-corrected chi connectivity index (χ2v) is 6.71. The van der Waals surface area contributed by atoms with Crippen molar-refractivity contribution >= 4 is 27.8 Å². The van der Waals surface area contributed by atoms with E-state index in [1.54, 1.807) is 6.20 Å². The Labute approximate surface area is 155 Å². The van der Waals surface area contributed by atoms with Gasteiger partial charge in [-0.2, -0.15) is 0 Å². The van der Waals surface area contributed by atoms with Crippen LogP contribution < -0.4 is 15.7 Å². The molecule has 0 spiro atoms. The van der Waals surface area contributed by atoms with Crippen LogP contribution in [0.3, 0.4) is 0 Å². The van der Waals surface area contributed by atoms with Gasteiger partial charge in [0.05, 0.1) is 0 Å². The number of aryl methyl sites for hydroxylation is 1. The summed E-state index contributed by atoms with van der Waals surface area (Å²) < 4.78 is 0. The Bertz CT molecular complexity index is 679. The molecule has 1 radical (unpaired) electrons. The van der Waals surface area contributed by atoms with Gasteiger partial charge in [0, 0.05) is 37.7 Å². The molecule has 0 bridgehead atoms. The SMILES string of the molecule is CPc1ccccc1PC.Cc1cc(-c2ccccn2)[n-]n1.[Ir]. The van der Waals surface area contributed by atoms with Crippen LogP contribution in [0.15, 0.2) is 54.7 Å². The van der Waals surface area contributed by atoms with Gasteiger partial charge in [-0.3, -0.25) is 4.98 Å². The normalized spacial score (nSPS) is 10.6. The Morgan fingerprint density at radius 2 is 1.52 bits per heavy atom. The fourth-order valence-electron chi connectivity index (χ4n) is 1.95. The monoisotopic (exact) mass is 521 g/mol. The molecule has 0 N–H and O–H groups in total. The smallest absolute Gasteiger partial charge is 0.0494 e. The van der Waals surface area contributed by atoms with Crippen LogP contribution in [-0.4, -0.2) is 23.4 Å². The minimum atomic E-state index is 0. The van der Waals surface area contributed by atoms with E-state index in [9.17, 15) is 0 Å². The maximum absolute atomic E-state index is 4.16. The van der Waals surface area contributed by atoms with E-state index in [0.29, 0.717) is 0 Å². The van der Waals surface area contributed by atoms with Gasteiger partial charge < -0.3 is 10.2 Å². The number of rotatable bonds is 3. The number of pyridine rings is 1. The number of hydrogen-bond acceptors (Lipinski definition) is 2. The average molecular weight is 521 g/mol. The molecule has 0 fully saturated rings. The van der Waals surface area contributed by atoms with Crippen LogP contribution >= 0.6 is 17.2 Å². The molecular weight excluding hydrogens is 500 g/mol. The van der Waals surface area contributed by atoms with E-state index in [2.05, 4.69) is 52.8 Å². The van der Waals surface area contributed by atoms with Gasteiger partial charge in [0.25, 0.3) is 0 Å². The van der Waals surface area contributed by atoms with Crippen molar-refractivity contribution in [3.05, 3.63) is 60.4 Å². The number of aromatic nitrogens is 3. The van der Waals surface area contributed by atoms with Crippen molar-refractivity contribution in [3.63, 3.8) is 0 Å². The van der Waals surface area contributed by atoms with E-state index in [0.717, 1.165) is 34.2 Å². The van der Waals surface area contributed by atoms with Crippen LogP contribution in [-0.2, 0) is 20.1 Å². The molecule has 0 aliphatic rings. The van der Waals surface area contributed by atoms with Crippen LogP contribution in [0.4, 0.5) is 0 Å². The third-order valence-electron chi connectivity index (χ3n) is 3.05. The van der Waals surface area contributed by atoms with E-state index in [4.69, 9.17) is 0 Å². The molecule has 0 saturated heterocycles. The van der Waals surface area contributed by atoms with Crippen LogP contribution in [0, 0.1) is 6.92 Å². The Kier molecular flexibility index (Phi) is 9.44. The summed E-state index contributed by atoms with van der Waals surface area (Å²) in [5.74, 6) is 0. The van der Waals surface area contributed by atoms with Crippen LogP contribution in [0.25, 0.3) is 11.4 Å². The van der Waals surface area contributed by atoms with Gasteiger partial charge in [0.15, 0.2) is 0 Å². The second kappa shape index (κ2) is 10.8. The Morgan fingerprint density at radius 3 is 1.96 bits per heavy atom. The van der Waals surface area contributed by atoms with Crippen LogP contribution in [0.1, 0.15) is 5.69 Å². The molecule has 2 atom stereocenters. The van der Waals surface area contributed by atoms with Crippen molar-refractivity contribution in [1.82, 2.24) is 15.2 Å². The maximum Gasteiger partial charge on any atom is 0.0494 e. The average Bonchev–Trinajstić information content (AvgIpc) is 3.02. The minimum Gasteiger partial charge on any atom is -0.574 e. The first-order valence-electron chi connectivity index (χ1n) is 7.07. The molecule has 3 aromatic rings. The van der Waals surface area contributed by atoms with Gasteiger partial charge in [0.1, 0.15) is 0 Å². The molecule has 0 aliphatic carbocycles. The summed E-state index contributed by atoms with van der Waals surface area (Å²) >= 11 is 0. The predicted octanol–water partition coefficient (Wildman–Crippen LogP) is 2.96. The summed E-state index contributed by atoms with van der Waals surface area (Å²) in [7, 11) is 1.89. The Hall–Kier alpha value is -0.911. The molecule has 3 nitrogen and oxygen atoms in total. The van der Waals surface area contributed by atoms with E-state index >= 15 is 0 Å². The first-order valence-corrected chi connectivity index (χ1v) is 10.1. The fourth-order valence-corrected chi connectivity index (χ4v) is 3.93. The maximum atomic E-state index is 4.16. The zero-order valence-corrected chi connectivity index (χ0v) is 17.8.